The average molecular weight is 261 g/mol. The third kappa shape index (κ3) is 5.87. The van der Waals surface area contributed by atoms with Crippen LogP contribution in [0.2, 0.25) is 0 Å². The van der Waals surface area contributed by atoms with Crippen molar-refractivity contribution >= 4 is 9.84 Å². The summed E-state index contributed by atoms with van der Waals surface area (Å²) in [6, 6.07) is 0.515. The van der Waals surface area contributed by atoms with E-state index in [2.05, 4.69) is 26.1 Å². The van der Waals surface area contributed by atoms with E-state index in [4.69, 9.17) is 0 Å². The van der Waals surface area contributed by atoms with Gasteiger partial charge in [-0.25, -0.2) is 8.42 Å². The third-order valence-electron chi connectivity index (χ3n) is 3.46. The molecule has 0 saturated heterocycles. The normalized spacial score (nSPS) is 31.1. The minimum Gasteiger partial charge on any atom is -0.310 e. The van der Waals surface area contributed by atoms with Gasteiger partial charge in [-0.1, -0.05) is 20.8 Å². The van der Waals surface area contributed by atoms with E-state index in [-0.39, 0.29) is 11.8 Å². The lowest BCUT2D eigenvalue weighted by molar-refractivity contribution is 0.147. The summed E-state index contributed by atoms with van der Waals surface area (Å²) in [6.45, 7) is 8.86. The first kappa shape index (κ1) is 15.0. The van der Waals surface area contributed by atoms with Crippen LogP contribution in [0.5, 0.6) is 0 Å². The van der Waals surface area contributed by atoms with Gasteiger partial charge >= 0.3 is 0 Å². The van der Waals surface area contributed by atoms with Crippen LogP contribution in [-0.2, 0) is 9.84 Å². The summed E-state index contributed by atoms with van der Waals surface area (Å²) < 4.78 is 22.5. The molecule has 0 bridgehead atoms. The number of hydrogen-bond donors (Lipinski definition) is 1. The van der Waals surface area contributed by atoms with Crippen LogP contribution in [0.1, 0.15) is 47.0 Å². The Bertz CT molecular complexity index is 348. The van der Waals surface area contributed by atoms with Crippen LogP contribution in [-0.4, -0.2) is 32.5 Å². The second-order valence-corrected chi connectivity index (χ2v) is 8.96. The highest BCUT2D eigenvalue weighted by molar-refractivity contribution is 7.90. The van der Waals surface area contributed by atoms with Gasteiger partial charge in [-0.05, 0) is 37.5 Å². The Morgan fingerprint density at radius 3 is 2.41 bits per heavy atom. The topological polar surface area (TPSA) is 46.2 Å². The molecule has 0 aromatic rings. The SMILES string of the molecule is CC1CC(NC(C)CS(C)(=O)=O)CC(C)(C)C1. The molecule has 1 rings (SSSR count). The van der Waals surface area contributed by atoms with E-state index in [9.17, 15) is 8.42 Å². The fourth-order valence-corrected chi connectivity index (χ4v) is 4.38. The quantitative estimate of drug-likeness (QED) is 0.844. The highest BCUT2D eigenvalue weighted by Gasteiger charge is 2.32. The standard InChI is InChI=1S/C13H27NO2S/c1-10-6-12(8-13(3,4)7-10)14-11(2)9-17(5,15)16/h10-12,14H,6-9H2,1-5H3. The van der Waals surface area contributed by atoms with Gasteiger partial charge in [0.05, 0.1) is 5.75 Å². The van der Waals surface area contributed by atoms with Crippen molar-refractivity contribution in [3.63, 3.8) is 0 Å². The molecule has 0 radical (unpaired) electrons. The molecule has 4 heteroatoms. The Kier molecular flexibility index (Phi) is 4.64. The van der Waals surface area contributed by atoms with Gasteiger partial charge in [0.15, 0.2) is 0 Å². The number of sulfone groups is 1. The predicted molar refractivity (Wildman–Crippen MR) is 72.9 cm³/mol. The van der Waals surface area contributed by atoms with Crippen LogP contribution in [0.15, 0.2) is 0 Å². The molecule has 1 aliphatic carbocycles. The van der Waals surface area contributed by atoms with E-state index in [0.29, 0.717) is 11.5 Å². The van der Waals surface area contributed by atoms with Crippen molar-refractivity contribution < 1.29 is 8.42 Å². The van der Waals surface area contributed by atoms with Gasteiger partial charge in [0.2, 0.25) is 0 Å². The van der Waals surface area contributed by atoms with Crippen molar-refractivity contribution in [1.29, 1.82) is 0 Å². The molecule has 0 spiro atoms. The smallest absolute Gasteiger partial charge is 0.148 e. The predicted octanol–water partition coefficient (Wildman–Crippen LogP) is 2.22. The van der Waals surface area contributed by atoms with Crippen LogP contribution in [0, 0.1) is 11.3 Å². The maximum atomic E-state index is 11.2. The molecule has 17 heavy (non-hydrogen) atoms. The molecule has 3 nitrogen and oxygen atoms in total. The fraction of sp³-hybridized carbons (Fsp3) is 1.00. The molecule has 3 atom stereocenters. The van der Waals surface area contributed by atoms with Crippen LogP contribution in [0.3, 0.4) is 0 Å². The Hall–Kier alpha value is -0.0900. The zero-order valence-corrected chi connectivity index (χ0v) is 12.6. The molecule has 0 aromatic heterocycles. The first-order valence-corrected chi connectivity index (χ1v) is 8.57. The second-order valence-electron chi connectivity index (χ2n) is 6.77. The summed E-state index contributed by atoms with van der Waals surface area (Å²) in [7, 11) is -2.88. The van der Waals surface area contributed by atoms with Crippen LogP contribution < -0.4 is 5.32 Å². The highest BCUT2D eigenvalue weighted by Crippen LogP contribution is 2.38. The van der Waals surface area contributed by atoms with Crippen LogP contribution in [0.4, 0.5) is 0 Å². The molecule has 0 amide bonds. The van der Waals surface area contributed by atoms with Gasteiger partial charge in [-0.15, -0.1) is 0 Å². The minimum atomic E-state index is -2.88. The van der Waals surface area contributed by atoms with E-state index in [0.717, 1.165) is 18.8 Å². The van der Waals surface area contributed by atoms with Crippen molar-refractivity contribution in [3.05, 3.63) is 0 Å². The maximum absolute atomic E-state index is 11.2. The summed E-state index contributed by atoms with van der Waals surface area (Å²) in [5.74, 6) is 0.958. The van der Waals surface area contributed by atoms with Crippen molar-refractivity contribution in [1.82, 2.24) is 5.32 Å². The van der Waals surface area contributed by atoms with E-state index in [1.807, 2.05) is 6.92 Å². The zero-order chi connectivity index (χ0) is 13.3. The van der Waals surface area contributed by atoms with Gasteiger partial charge in [-0.2, -0.15) is 0 Å². The Labute approximate surface area is 106 Å². The molecule has 1 aliphatic rings. The lowest BCUT2D eigenvalue weighted by Crippen LogP contribution is -2.45. The van der Waals surface area contributed by atoms with E-state index in [1.165, 1.54) is 12.7 Å². The molecule has 1 saturated carbocycles. The molecule has 0 aromatic carbocycles. The van der Waals surface area contributed by atoms with Gasteiger partial charge in [-0.3, -0.25) is 0 Å². The monoisotopic (exact) mass is 261 g/mol. The molecule has 1 fully saturated rings. The van der Waals surface area contributed by atoms with Crippen molar-refractivity contribution in [2.24, 2.45) is 11.3 Å². The summed E-state index contributed by atoms with van der Waals surface area (Å²) in [6.07, 6.45) is 4.88. The molecule has 102 valence electrons. The summed E-state index contributed by atoms with van der Waals surface area (Å²) >= 11 is 0. The first-order chi connectivity index (χ1) is 7.57. The molecule has 1 N–H and O–H groups in total. The highest BCUT2D eigenvalue weighted by atomic mass is 32.2. The lowest BCUT2D eigenvalue weighted by atomic mass is 9.70. The molecular formula is C13H27NO2S. The molecule has 0 aliphatic heterocycles. The van der Waals surface area contributed by atoms with E-state index >= 15 is 0 Å². The lowest BCUT2D eigenvalue weighted by Gasteiger charge is -2.40. The van der Waals surface area contributed by atoms with Gasteiger partial charge in [0, 0.05) is 18.3 Å². The maximum Gasteiger partial charge on any atom is 0.148 e. The molecule has 3 unspecified atom stereocenters. The molecular weight excluding hydrogens is 234 g/mol. The number of hydrogen-bond acceptors (Lipinski definition) is 3. The van der Waals surface area contributed by atoms with Crippen molar-refractivity contribution in [2.45, 2.75) is 59.0 Å². The Morgan fingerprint density at radius 2 is 1.94 bits per heavy atom. The van der Waals surface area contributed by atoms with E-state index in [1.54, 1.807) is 0 Å². The molecule has 0 heterocycles. The fourth-order valence-electron chi connectivity index (χ4n) is 3.38. The largest absolute Gasteiger partial charge is 0.310 e. The van der Waals surface area contributed by atoms with Gasteiger partial charge in [0.25, 0.3) is 0 Å². The third-order valence-corrected chi connectivity index (χ3v) is 4.57. The Balaban J connectivity index is 2.51. The minimum absolute atomic E-state index is 0.0519. The second kappa shape index (κ2) is 5.27. The van der Waals surface area contributed by atoms with Gasteiger partial charge < -0.3 is 5.32 Å². The van der Waals surface area contributed by atoms with E-state index < -0.39 is 9.84 Å². The summed E-state index contributed by atoms with van der Waals surface area (Å²) in [4.78, 5) is 0. The van der Waals surface area contributed by atoms with Crippen LogP contribution >= 0.6 is 0 Å². The Morgan fingerprint density at radius 1 is 1.35 bits per heavy atom. The van der Waals surface area contributed by atoms with Crippen molar-refractivity contribution in [2.75, 3.05) is 12.0 Å². The summed E-state index contributed by atoms with van der Waals surface area (Å²) in [5, 5.41) is 3.48. The first-order valence-electron chi connectivity index (χ1n) is 6.51. The van der Waals surface area contributed by atoms with Crippen LogP contribution in [0.25, 0.3) is 0 Å². The number of rotatable bonds is 4. The van der Waals surface area contributed by atoms with Crippen molar-refractivity contribution in [3.8, 4) is 0 Å². The average Bonchev–Trinajstić information content (AvgIpc) is 1.93. The summed E-state index contributed by atoms with van der Waals surface area (Å²) in [5.41, 5.74) is 0.375. The number of nitrogens with one attached hydrogen (secondary N) is 1. The van der Waals surface area contributed by atoms with Gasteiger partial charge in [0.1, 0.15) is 9.84 Å². The zero-order valence-electron chi connectivity index (χ0n) is 11.8.